The summed E-state index contributed by atoms with van der Waals surface area (Å²) in [6, 6.07) is 20.1. The molecule has 6 rings (SSSR count). The van der Waals surface area contributed by atoms with E-state index < -0.39 is 0 Å². The van der Waals surface area contributed by atoms with Crippen molar-refractivity contribution in [1.82, 2.24) is 19.5 Å². The summed E-state index contributed by atoms with van der Waals surface area (Å²) in [4.78, 5) is 23.3. The van der Waals surface area contributed by atoms with Gasteiger partial charge in [-0.1, -0.05) is 48.5 Å². The molecule has 4 heterocycles. The highest BCUT2D eigenvalue weighted by atomic mass is 16.2. The molecule has 2 fully saturated rings. The summed E-state index contributed by atoms with van der Waals surface area (Å²) in [5, 5.41) is 4.91. The van der Waals surface area contributed by atoms with Gasteiger partial charge in [0.25, 0.3) is 5.91 Å². The molecule has 1 amide bonds. The maximum absolute atomic E-state index is 13.9. The molecular formula is C29H31N5O. The first-order valence-electron chi connectivity index (χ1n) is 12.8. The van der Waals surface area contributed by atoms with Crippen LogP contribution in [0.15, 0.2) is 66.9 Å². The lowest BCUT2D eigenvalue weighted by Gasteiger charge is -2.35. The third-order valence-electron chi connectivity index (χ3n) is 7.38. The minimum Gasteiger partial charge on any atom is -0.356 e. The number of aryl methyl sites for hydroxylation is 1. The van der Waals surface area contributed by atoms with Crippen molar-refractivity contribution in [2.24, 2.45) is 0 Å². The zero-order chi connectivity index (χ0) is 23.8. The van der Waals surface area contributed by atoms with Crippen molar-refractivity contribution in [3.8, 4) is 11.1 Å². The maximum Gasteiger partial charge on any atom is 0.255 e. The highest BCUT2D eigenvalue weighted by molar-refractivity contribution is 6.01. The van der Waals surface area contributed by atoms with E-state index in [-0.39, 0.29) is 11.9 Å². The van der Waals surface area contributed by atoms with E-state index in [0.29, 0.717) is 0 Å². The molecule has 0 bridgehead atoms. The number of nitrogens with zero attached hydrogens (tertiary/aromatic N) is 5. The van der Waals surface area contributed by atoms with Gasteiger partial charge in [-0.15, -0.1) is 0 Å². The average Bonchev–Trinajstić information content (AvgIpc) is 3.58. The van der Waals surface area contributed by atoms with Gasteiger partial charge in [-0.05, 0) is 56.2 Å². The molecule has 6 nitrogen and oxygen atoms in total. The Labute approximate surface area is 206 Å². The van der Waals surface area contributed by atoms with Crippen LogP contribution in [0.1, 0.15) is 59.8 Å². The average molecular weight is 466 g/mol. The van der Waals surface area contributed by atoms with Gasteiger partial charge in [-0.25, -0.2) is 9.50 Å². The fraction of sp³-hybridized carbons (Fsp3) is 0.345. The number of carbonyl (C=O) groups is 1. The van der Waals surface area contributed by atoms with Crippen LogP contribution in [0.5, 0.6) is 0 Å². The quantitative estimate of drug-likeness (QED) is 0.390. The summed E-state index contributed by atoms with van der Waals surface area (Å²) in [6.07, 6.45) is 7.55. The van der Waals surface area contributed by atoms with Gasteiger partial charge in [-0.2, -0.15) is 5.10 Å². The van der Waals surface area contributed by atoms with Crippen molar-refractivity contribution in [3.63, 3.8) is 0 Å². The van der Waals surface area contributed by atoms with Crippen molar-refractivity contribution >= 4 is 17.4 Å². The van der Waals surface area contributed by atoms with Crippen LogP contribution >= 0.6 is 0 Å². The highest BCUT2D eigenvalue weighted by Crippen LogP contribution is 2.34. The minimum atomic E-state index is -0.0441. The smallest absolute Gasteiger partial charge is 0.255 e. The number of amides is 1. The summed E-state index contributed by atoms with van der Waals surface area (Å²) >= 11 is 0. The van der Waals surface area contributed by atoms with E-state index in [1.807, 2.05) is 51.9 Å². The first-order chi connectivity index (χ1) is 17.2. The summed E-state index contributed by atoms with van der Waals surface area (Å²) in [7, 11) is 0. The van der Waals surface area contributed by atoms with Gasteiger partial charge >= 0.3 is 0 Å². The van der Waals surface area contributed by atoms with Crippen molar-refractivity contribution in [2.75, 3.05) is 24.5 Å². The zero-order valence-corrected chi connectivity index (χ0v) is 20.2. The first kappa shape index (κ1) is 21.8. The monoisotopic (exact) mass is 465 g/mol. The normalized spacial score (nSPS) is 18.4. The molecule has 2 aromatic heterocycles. The zero-order valence-electron chi connectivity index (χ0n) is 20.2. The molecule has 0 unspecified atom stereocenters. The van der Waals surface area contributed by atoms with Gasteiger partial charge in [0.2, 0.25) is 0 Å². The van der Waals surface area contributed by atoms with Crippen molar-refractivity contribution in [1.29, 1.82) is 0 Å². The fourth-order valence-electron chi connectivity index (χ4n) is 5.61. The number of likely N-dealkylation sites (tertiary alicyclic amines) is 1. The minimum absolute atomic E-state index is 0.0441. The van der Waals surface area contributed by atoms with Crippen LogP contribution in [0.4, 0.5) is 5.82 Å². The summed E-state index contributed by atoms with van der Waals surface area (Å²) in [5.74, 6) is 1.14. The van der Waals surface area contributed by atoms with Crippen molar-refractivity contribution in [3.05, 3.63) is 83.7 Å². The SMILES string of the molecule is Cc1cn2nc([C@@H]3CCCCN3C(=O)c3ccccc3-c3ccccc3)cc2nc1N1CCCC1. The Bertz CT molecular complexity index is 1360. The Morgan fingerprint density at radius 3 is 2.49 bits per heavy atom. The Balaban J connectivity index is 1.35. The molecule has 6 heteroatoms. The Kier molecular flexibility index (Phi) is 5.72. The number of aromatic nitrogens is 3. The molecule has 2 aromatic carbocycles. The molecule has 0 radical (unpaired) electrons. The van der Waals surface area contributed by atoms with Crippen LogP contribution in [0.2, 0.25) is 0 Å². The van der Waals surface area contributed by atoms with Gasteiger partial charge in [-0.3, -0.25) is 4.79 Å². The van der Waals surface area contributed by atoms with Crippen LogP contribution in [0, 0.1) is 6.92 Å². The molecule has 1 atom stereocenters. The maximum atomic E-state index is 13.9. The summed E-state index contributed by atoms with van der Waals surface area (Å²) in [5.41, 5.74) is 5.72. The van der Waals surface area contributed by atoms with E-state index in [1.165, 1.54) is 12.8 Å². The second kappa shape index (κ2) is 9.17. The molecular weight excluding hydrogens is 434 g/mol. The predicted octanol–water partition coefficient (Wildman–Crippen LogP) is 5.67. The van der Waals surface area contributed by atoms with Crippen LogP contribution in [0.3, 0.4) is 0 Å². The van der Waals surface area contributed by atoms with E-state index in [1.54, 1.807) is 0 Å². The number of benzene rings is 2. The van der Waals surface area contributed by atoms with Gasteiger partial charge in [0.1, 0.15) is 5.82 Å². The number of fused-ring (bicyclic) bond motifs is 1. The van der Waals surface area contributed by atoms with E-state index in [9.17, 15) is 4.79 Å². The van der Waals surface area contributed by atoms with Gasteiger partial charge in [0.05, 0.1) is 11.7 Å². The number of hydrogen-bond acceptors (Lipinski definition) is 4. The predicted molar refractivity (Wildman–Crippen MR) is 139 cm³/mol. The molecule has 2 aliphatic rings. The van der Waals surface area contributed by atoms with Crippen molar-refractivity contribution < 1.29 is 4.79 Å². The van der Waals surface area contributed by atoms with Crippen LogP contribution in [0.25, 0.3) is 16.8 Å². The number of carbonyl (C=O) groups excluding carboxylic acids is 1. The molecule has 0 saturated carbocycles. The van der Waals surface area contributed by atoms with Crippen LogP contribution in [-0.4, -0.2) is 45.0 Å². The first-order valence-corrected chi connectivity index (χ1v) is 12.8. The largest absolute Gasteiger partial charge is 0.356 e. The van der Waals surface area contributed by atoms with Crippen LogP contribution in [-0.2, 0) is 0 Å². The number of anilines is 1. The summed E-state index contributed by atoms with van der Waals surface area (Å²) < 4.78 is 1.89. The Morgan fingerprint density at radius 1 is 0.914 bits per heavy atom. The van der Waals surface area contributed by atoms with Crippen molar-refractivity contribution in [2.45, 2.75) is 45.1 Å². The van der Waals surface area contributed by atoms with Crippen LogP contribution < -0.4 is 4.90 Å². The van der Waals surface area contributed by atoms with Gasteiger partial charge in [0.15, 0.2) is 5.65 Å². The molecule has 0 N–H and O–H groups in total. The number of piperidine rings is 1. The van der Waals surface area contributed by atoms with Gasteiger partial charge < -0.3 is 9.80 Å². The third kappa shape index (κ3) is 4.07. The lowest BCUT2D eigenvalue weighted by molar-refractivity contribution is 0.0606. The molecule has 0 spiro atoms. The highest BCUT2D eigenvalue weighted by Gasteiger charge is 2.32. The standard InChI is InChI=1S/C29H31N5O/c1-21-20-34-27(30-28(21)32-16-9-10-17-32)19-25(31-34)26-15-7-8-18-33(26)29(35)24-14-6-5-13-23(24)22-11-3-2-4-12-22/h2-6,11-14,19-20,26H,7-10,15-18H2,1H3/t26-/m0/s1. The van der Waals surface area contributed by atoms with E-state index in [4.69, 9.17) is 10.1 Å². The Hall–Kier alpha value is -3.67. The van der Waals surface area contributed by atoms with E-state index in [0.717, 1.165) is 78.3 Å². The number of rotatable bonds is 4. The lowest BCUT2D eigenvalue weighted by atomic mass is 9.95. The molecule has 4 aromatic rings. The van der Waals surface area contributed by atoms with Gasteiger partial charge in [0, 0.05) is 43.0 Å². The lowest BCUT2D eigenvalue weighted by Crippen LogP contribution is -2.39. The molecule has 35 heavy (non-hydrogen) atoms. The molecule has 178 valence electrons. The number of hydrogen-bond donors (Lipinski definition) is 0. The fourth-order valence-corrected chi connectivity index (χ4v) is 5.61. The Morgan fingerprint density at radius 2 is 1.66 bits per heavy atom. The van der Waals surface area contributed by atoms with E-state index in [2.05, 4.69) is 36.2 Å². The molecule has 2 saturated heterocycles. The van der Waals surface area contributed by atoms with E-state index >= 15 is 0 Å². The molecule has 0 aliphatic carbocycles. The second-order valence-corrected chi connectivity index (χ2v) is 9.74. The second-order valence-electron chi connectivity index (χ2n) is 9.74. The summed E-state index contributed by atoms with van der Waals surface area (Å²) in [6.45, 7) is 4.98. The molecule has 2 aliphatic heterocycles. The third-order valence-corrected chi connectivity index (χ3v) is 7.38. The topological polar surface area (TPSA) is 53.7 Å².